The lowest BCUT2D eigenvalue weighted by Gasteiger charge is -2.30. The van der Waals surface area contributed by atoms with Gasteiger partial charge in [-0.1, -0.05) is 25.8 Å². The van der Waals surface area contributed by atoms with Gasteiger partial charge in [0.05, 0.1) is 11.6 Å². The minimum Gasteiger partial charge on any atom is -0.310 e. The molecule has 2 rings (SSSR count). The number of hydrogen-bond acceptors (Lipinski definition) is 2. The van der Waals surface area contributed by atoms with Crippen LogP contribution in [0.2, 0.25) is 0 Å². The normalized spacial score (nSPS) is 23.6. The molecule has 0 aromatic heterocycles. The summed E-state index contributed by atoms with van der Waals surface area (Å²) in [7, 11) is 0. The topological polar surface area (TPSA) is 35.8 Å². The van der Waals surface area contributed by atoms with E-state index in [9.17, 15) is 0 Å². The fraction of sp³-hybridized carbons (Fsp3) is 0.562. The van der Waals surface area contributed by atoms with Crippen molar-refractivity contribution in [3.63, 3.8) is 0 Å². The second kappa shape index (κ2) is 6.02. The van der Waals surface area contributed by atoms with Crippen LogP contribution in [-0.4, -0.2) is 6.04 Å². The number of nitrogens with zero attached hydrogens (tertiary/aromatic N) is 1. The van der Waals surface area contributed by atoms with Gasteiger partial charge in [0.15, 0.2) is 0 Å². The summed E-state index contributed by atoms with van der Waals surface area (Å²) in [5, 5.41) is 12.5. The Morgan fingerprint density at radius 2 is 2.11 bits per heavy atom. The van der Waals surface area contributed by atoms with Crippen LogP contribution in [0.3, 0.4) is 0 Å². The summed E-state index contributed by atoms with van der Waals surface area (Å²) in [6.45, 7) is 5.36. The summed E-state index contributed by atoms with van der Waals surface area (Å²) in [5.41, 5.74) is 3.28. The Bertz CT molecular complexity index is 445. The molecule has 0 aliphatic heterocycles. The molecule has 1 aromatic rings. The van der Waals surface area contributed by atoms with E-state index in [1.54, 1.807) is 0 Å². The largest absolute Gasteiger partial charge is 0.310 e. The van der Waals surface area contributed by atoms with Crippen molar-refractivity contribution in [2.75, 3.05) is 0 Å². The first-order valence-electron chi connectivity index (χ1n) is 6.93. The Labute approximate surface area is 110 Å². The molecule has 18 heavy (non-hydrogen) atoms. The molecule has 2 atom stereocenters. The van der Waals surface area contributed by atoms with Crippen LogP contribution in [-0.2, 0) is 6.54 Å². The van der Waals surface area contributed by atoms with Crippen LogP contribution < -0.4 is 5.32 Å². The molecular formula is C16H22N2. The van der Waals surface area contributed by atoms with E-state index in [0.29, 0.717) is 6.04 Å². The lowest BCUT2D eigenvalue weighted by molar-refractivity contribution is 0.279. The first kappa shape index (κ1) is 13.1. The lowest BCUT2D eigenvalue weighted by Crippen LogP contribution is -2.36. The Morgan fingerprint density at radius 3 is 2.78 bits per heavy atom. The summed E-state index contributed by atoms with van der Waals surface area (Å²) in [5.74, 6) is 0.789. The molecule has 1 N–H and O–H groups in total. The molecule has 1 aliphatic rings. The zero-order chi connectivity index (χ0) is 13.0. The SMILES string of the molecule is Cc1cc(C#N)ccc1CNC1CCCCC1C. The molecule has 96 valence electrons. The third kappa shape index (κ3) is 3.11. The highest BCUT2D eigenvalue weighted by atomic mass is 14.9. The van der Waals surface area contributed by atoms with Crippen LogP contribution in [0.5, 0.6) is 0 Å². The fourth-order valence-electron chi connectivity index (χ4n) is 2.82. The van der Waals surface area contributed by atoms with Crippen molar-refractivity contribution in [2.45, 2.75) is 52.1 Å². The molecule has 0 radical (unpaired) electrons. The van der Waals surface area contributed by atoms with E-state index in [-0.39, 0.29) is 0 Å². The van der Waals surface area contributed by atoms with E-state index in [4.69, 9.17) is 5.26 Å². The highest BCUT2D eigenvalue weighted by Gasteiger charge is 2.20. The molecule has 0 spiro atoms. The van der Waals surface area contributed by atoms with Gasteiger partial charge in [0, 0.05) is 12.6 Å². The van der Waals surface area contributed by atoms with Gasteiger partial charge in [-0.2, -0.15) is 5.26 Å². The number of benzene rings is 1. The van der Waals surface area contributed by atoms with Crippen LogP contribution in [0.25, 0.3) is 0 Å². The molecule has 0 heterocycles. The van der Waals surface area contributed by atoms with Gasteiger partial charge in [-0.3, -0.25) is 0 Å². The zero-order valence-corrected chi connectivity index (χ0v) is 11.4. The third-order valence-electron chi connectivity index (χ3n) is 4.14. The highest BCUT2D eigenvalue weighted by molar-refractivity contribution is 5.37. The monoisotopic (exact) mass is 242 g/mol. The molecule has 2 unspecified atom stereocenters. The van der Waals surface area contributed by atoms with Gasteiger partial charge in [0.25, 0.3) is 0 Å². The Kier molecular flexibility index (Phi) is 4.38. The van der Waals surface area contributed by atoms with E-state index >= 15 is 0 Å². The molecule has 2 heteroatoms. The second-order valence-electron chi connectivity index (χ2n) is 5.50. The lowest BCUT2D eigenvalue weighted by atomic mass is 9.86. The minimum absolute atomic E-state index is 0.661. The molecule has 1 aromatic carbocycles. The van der Waals surface area contributed by atoms with E-state index in [1.807, 2.05) is 12.1 Å². The summed E-state index contributed by atoms with van der Waals surface area (Å²) in [6, 6.07) is 8.81. The predicted octanol–water partition coefficient (Wildman–Crippen LogP) is 3.54. The maximum Gasteiger partial charge on any atom is 0.0991 e. The van der Waals surface area contributed by atoms with Crippen molar-refractivity contribution < 1.29 is 0 Å². The molecule has 0 bridgehead atoms. The third-order valence-corrected chi connectivity index (χ3v) is 4.14. The number of rotatable bonds is 3. The fourth-order valence-corrected chi connectivity index (χ4v) is 2.82. The van der Waals surface area contributed by atoms with E-state index in [0.717, 1.165) is 18.0 Å². The first-order chi connectivity index (χ1) is 8.70. The number of nitriles is 1. The van der Waals surface area contributed by atoms with E-state index in [1.165, 1.54) is 36.8 Å². The van der Waals surface area contributed by atoms with Crippen molar-refractivity contribution >= 4 is 0 Å². The van der Waals surface area contributed by atoms with Gasteiger partial charge < -0.3 is 5.32 Å². The van der Waals surface area contributed by atoms with Gasteiger partial charge in [-0.15, -0.1) is 0 Å². The van der Waals surface area contributed by atoms with Crippen molar-refractivity contribution in [3.05, 3.63) is 34.9 Å². The summed E-state index contributed by atoms with van der Waals surface area (Å²) in [6.07, 6.45) is 5.39. The molecule has 2 nitrogen and oxygen atoms in total. The smallest absolute Gasteiger partial charge is 0.0991 e. The van der Waals surface area contributed by atoms with Gasteiger partial charge in [-0.25, -0.2) is 0 Å². The van der Waals surface area contributed by atoms with Crippen LogP contribution in [0.4, 0.5) is 0 Å². The average molecular weight is 242 g/mol. The Morgan fingerprint density at radius 1 is 1.33 bits per heavy atom. The zero-order valence-electron chi connectivity index (χ0n) is 11.4. The summed E-state index contributed by atoms with van der Waals surface area (Å²) < 4.78 is 0. The maximum absolute atomic E-state index is 8.86. The molecule has 1 fully saturated rings. The number of nitrogens with one attached hydrogen (secondary N) is 1. The van der Waals surface area contributed by atoms with Crippen molar-refractivity contribution in [1.29, 1.82) is 5.26 Å². The Balaban J connectivity index is 1.95. The summed E-state index contributed by atoms with van der Waals surface area (Å²) in [4.78, 5) is 0. The van der Waals surface area contributed by atoms with Crippen LogP contribution in [0.1, 0.15) is 49.3 Å². The highest BCUT2D eigenvalue weighted by Crippen LogP contribution is 2.24. The Hall–Kier alpha value is -1.33. The van der Waals surface area contributed by atoms with Gasteiger partial charge in [-0.05, 0) is 48.9 Å². The molecule has 1 saturated carbocycles. The van der Waals surface area contributed by atoms with E-state index < -0.39 is 0 Å². The van der Waals surface area contributed by atoms with Crippen LogP contribution in [0.15, 0.2) is 18.2 Å². The maximum atomic E-state index is 8.86. The molecular weight excluding hydrogens is 220 g/mol. The minimum atomic E-state index is 0.661. The van der Waals surface area contributed by atoms with Crippen molar-refractivity contribution in [3.8, 4) is 6.07 Å². The van der Waals surface area contributed by atoms with Crippen LogP contribution >= 0.6 is 0 Å². The van der Waals surface area contributed by atoms with Gasteiger partial charge in [0.1, 0.15) is 0 Å². The van der Waals surface area contributed by atoms with Gasteiger partial charge >= 0.3 is 0 Å². The second-order valence-corrected chi connectivity index (χ2v) is 5.50. The standard InChI is InChI=1S/C16H22N2/c1-12-5-3-4-6-16(12)18-11-15-8-7-14(10-17)9-13(15)2/h7-9,12,16,18H,3-6,11H2,1-2H3. The van der Waals surface area contributed by atoms with Crippen molar-refractivity contribution in [2.24, 2.45) is 5.92 Å². The predicted molar refractivity (Wildman–Crippen MR) is 74.2 cm³/mol. The molecule has 1 aliphatic carbocycles. The first-order valence-corrected chi connectivity index (χ1v) is 6.93. The van der Waals surface area contributed by atoms with E-state index in [2.05, 4.69) is 31.3 Å². The molecule has 0 amide bonds. The van der Waals surface area contributed by atoms with Crippen LogP contribution in [0, 0.1) is 24.2 Å². The summed E-state index contributed by atoms with van der Waals surface area (Å²) >= 11 is 0. The number of hydrogen-bond donors (Lipinski definition) is 1. The van der Waals surface area contributed by atoms with Gasteiger partial charge in [0.2, 0.25) is 0 Å². The quantitative estimate of drug-likeness (QED) is 0.880. The number of aryl methyl sites for hydroxylation is 1. The van der Waals surface area contributed by atoms with Crippen molar-refractivity contribution in [1.82, 2.24) is 5.32 Å². The molecule has 0 saturated heterocycles. The average Bonchev–Trinajstić information content (AvgIpc) is 2.39.